The van der Waals surface area contributed by atoms with Gasteiger partial charge in [0.2, 0.25) is 11.9 Å². The van der Waals surface area contributed by atoms with Crippen molar-refractivity contribution in [1.29, 1.82) is 0 Å². The lowest BCUT2D eigenvalue weighted by atomic mass is 10.1. The van der Waals surface area contributed by atoms with E-state index in [1.807, 2.05) is 0 Å². The zero-order chi connectivity index (χ0) is 15.2. The number of anilines is 2. The molecule has 1 heterocycles. The van der Waals surface area contributed by atoms with E-state index in [-0.39, 0.29) is 23.7 Å². The Hall–Kier alpha value is -2.76. The van der Waals surface area contributed by atoms with Crippen LogP contribution in [0.3, 0.4) is 0 Å². The van der Waals surface area contributed by atoms with E-state index in [1.54, 1.807) is 56.6 Å². The van der Waals surface area contributed by atoms with Crippen LogP contribution in [0.25, 0.3) is 0 Å². The molecule has 0 radical (unpaired) electrons. The van der Waals surface area contributed by atoms with Gasteiger partial charge < -0.3 is 5.32 Å². The van der Waals surface area contributed by atoms with E-state index in [1.165, 1.54) is 0 Å². The van der Waals surface area contributed by atoms with Crippen LogP contribution in [0.4, 0.5) is 11.6 Å². The number of benzene rings is 1. The molecule has 1 aromatic carbocycles. The van der Waals surface area contributed by atoms with E-state index >= 15 is 0 Å². The smallest absolute Gasteiger partial charge is 0.258 e. The van der Waals surface area contributed by atoms with E-state index in [2.05, 4.69) is 20.6 Å². The lowest BCUT2D eigenvalue weighted by Crippen LogP contribution is -2.18. The lowest BCUT2D eigenvalue weighted by Gasteiger charge is -2.09. The van der Waals surface area contributed by atoms with Crippen LogP contribution < -0.4 is 10.6 Å². The molecule has 21 heavy (non-hydrogen) atoms. The molecule has 0 fully saturated rings. The van der Waals surface area contributed by atoms with Gasteiger partial charge in [-0.1, -0.05) is 19.9 Å². The van der Waals surface area contributed by atoms with Crippen LogP contribution in [0.2, 0.25) is 0 Å². The molecule has 2 rings (SSSR count). The topological polar surface area (TPSA) is 84.0 Å². The SMILES string of the molecule is CC(C)C(=O)Nc1cccc(C(=O)Nc2ncccn2)c1. The summed E-state index contributed by atoms with van der Waals surface area (Å²) in [5.74, 6) is -0.319. The molecular formula is C15H16N4O2. The molecular weight excluding hydrogens is 268 g/mol. The van der Waals surface area contributed by atoms with Crippen LogP contribution in [0.5, 0.6) is 0 Å². The van der Waals surface area contributed by atoms with Crippen molar-refractivity contribution < 1.29 is 9.59 Å². The van der Waals surface area contributed by atoms with Crippen molar-refractivity contribution in [2.75, 3.05) is 10.6 Å². The first-order valence-corrected chi connectivity index (χ1v) is 6.55. The summed E-state index contributed by atoms with van der Waals surface area (Å²) >= 11 is 0. The number of hydrogen-bond donors (Lipinski definition) is 2. The first-order valence-electron chi connectivity index (χ1n) is 6.55. The molecule has 0 saturated carbocycles. The molecule has 0 bridgehead atoms. The fraction of sp³-hybridized carbons (Fsp3) is 0.200. The molecule has 108 valence electrons. The Balaban J connectivity index is 2.10. The maximum Gasteiger partial charge on any atom is 0.258 e. The van der Waals surface area contributed by atoms with Gasteiger partial charge in [0.05, 0.1) is 0 Å². The van der Waals surface area contributed by atoms with Gasteiger partial charge in [0.1, 0.15) is 0 Å². The third kappa shape index (κ3) is 4.10. The third-order valence-electron chi connectivity index (χ3n) is 2.71. The minimum absolute atomic E-state index is 0.0982. The van der Waals surface area contributed by atoms with Gasteiger partial charge in [0.25, 0.3) is 5.91 Å². The zero-order valence-corrected chi connectivity index (χ0v) is 11.8. The summed E-state index contributed by atoms with van der Waals surface area (Å²) in [6.07, 6.45) is 3.09. The van der Waals surface area contributed by atoms with Gasteiger partial charge in [0, 0.05) is 29.6 Å². The fourth-order valence-electron chi connectivity index (χ4n) is 1.56. The molecule has 6 heteroatoms. The van der Waals surface area contributed by atoms with E-state index < -0.39 is 0 Å². The number of nitrogens with one attached hydrogen (secondary N) is 2. The van der Waals surface area contributed by atoms with Crippen molar-refractivity contribution in [2.24, 2.45) is 5.92 Å². The first-order chi connectivity index (χ1) is 10.1. The Kier molecular flexibility index (Phi) is 4.61. The lowest BCUT2D eigenvalue weighted by molar-refractivity contribution is -0.118. The van der Waals surface area contributed by atoms with E-state index in [4.69, 9.17) is 0 Å². The average molecular weight is 284 g/mol. The summed E-state index contributed by atoms with van der Waals surface area (Å²) in [6.45, 7) is 3.61. The first kappa shape index (κ1) is 14.6. The molecule has 2 N–H and O–H groups in total. The molecule has 0 aliphatic rings. The van der Waals surface area contributed by atoms with Gasteiger partial charge in [-0.15, -0.1) is 0 Å². The van der Waals surface area contributed by atoms with Crippen molar-refractivity contribution >= 4 is 23.5 Å². The van der Waals surface area contributed by atoms with E-state index in [9.17, 15) is 9.59 Å². The standard InChI is InChI=1S/C15H16N4O2/c1-10(2)13(20)18-12-6-3-5-11(9-12)14(21)19-15-16-7-4-8-17-15/h3-10H,1-2H3,(H,18,20)(H,16,17,19,21). The second-order valence-corrected chi connectivity index (χ2v) is 4.75. The summed E-state index contributed by atoms with van der Waals surface area (Å²) in [7, 11) is 0. The van der Waals surface area contributed by atoms with Crippen LogP contribution in [0.15, 0.2) is 42.7 Å². The largest absolute Gasteiger partial charge is 0.326 e. The normalized spacial score (nSPS) is 10.2. The number of rotatable bonds is 4. The van der Waals surface area contributed by atoms with E-state index in [0.29, 0.717) is 11.3 Å². The molecule has 1 aromatic heterocycles. The highest BCUT2D eigenvalue weighted by Gasteiger charge is 2.10. The fourth-order valence-corrected chi connectivity index (χ4v) is 1.56. The number of carbonyl (C=O) groups is 2. The van der Waals surface area contributed by atoms with Crippen LogP contribution in [-0.2, 0) is 4.79 Å². The second-order valence-electron chi connectivity index (χ2n) is 4.75. The summed E-state index contributed by atoms with van der Waals surface area (Å²) in [4.78, 5) is 31.6. The summed E-state index contributed by atoms with van der Waals surface area (Å²) in [5.41, 5.74) is 0.999. The predicted molar refractivity (Wildman–Crippen MR) is 79.9 cm³/mol. The predicted octanol–water partition coefficient (Wildman–Crippen LogP) is 2.32. The van der Waals surface area contributed by atoms with Crippen molar-refractivity contribution in [3.8, 4) is 0 Å². The van der Waals surface area contributed by atoms with Crippen LogP contribution in [-0.4, -0.2) is 21.8 Å². The highest BCUT2D eigenvalue weighted by atomic mass is 16.2. The monoisotopic (exact) mass is 284 g/mol. The van der Waals surface area contributed by atoms with E-state index in [0.717, 1.165) is 0 Å². The summed E-state index contributed by atoms with van der Waals surface area (Å²) < 4.78 is 0. The van der Waals surface area contributed by atoms with Gasteiger partial charge in [-0.3, -0.25) is 14.9 Å². The Morgan fingerprint density at radius 1 is 1.05 bits per heavy atom. The summed E-state index contributed by atoms with van der Waals surface area (Å²) in [6, 6.07) is 8.37. The Labute approximate surface area is 122 Å². The van der Waals surface area contributed by atoms with Crippen molar-refractivity contribution in [3.63, 3.8) is 0 Å². The Bertz CT molecular complexity index is 641. The van der Waals surface area contributed by atoms with Crippen LogP contribution in [0.1, 0.15) is 24.2 Å². The Morgan fingerprint density at radius 2 is 1.76 bits per heavy atom. The maximum absolute atomic E-state index is 12.1. The van der Waals surface area contributed by atoms with Crippen LogP contribution >= 0.6 is 0 Å². The van der Waals surface area contributed by atoms with Crippen molar-refractivity contribution in [3.05, 3.63) is 48.3 Å². The average Bonchev–Trinajstić information content (AvgIpc) is 2.48. The molecule has 0 unspecified atom stereocenters. The molecule has 0 atom stereocenters. The number of aromatic nitrogens is 2. The highest BCUT2D eigenvalue weighted by Crippen LogP contribution is 2.13. The van der Waals surface area contributed by atoms with Gasteiger partial charge in [0.15, 0.2) is 0 Å². The van der Waals surface area contributed by atoms with Gasteiger partial charge in [-0.25, -0.2) is 9.97 Å². The molecule has 2 aromatic rings. The zero-order valence-electron chi connectivity index (χ0n) is 11.8. The third-order valence-corrected chi connectivity index (χ3v) is 2.71. The van der Waals surface area contributed by atoms with Crippen LogP contribution in [0, 0.1) is 5.92 Å². The maximum atomic E-state index is 12.1. The quantitative estimate of drug-likeness (QED) is 0.902. The second kappa shape index (κ2) is 6.60. The highest BCUT2D eigenvalue weighted by molar-refractivity contribution is 6.04. The number of nitrogens with zero attached hydrogens (tertiary/aromatic N) is 2. The van der Waals surface area contributed by atoms with Gasteiger partial charge in [-0.2, -0.15) is 0 Å². The number of carbonyl (C=O) groups excluding carboxylic acids is 2. The molecule has 0 saturated heterocycles. The minimum Gasteiger partial charge on any atom is -0.326 e. The number of amides is 2. The van der Waals surface area contributed by atoms with Crippen molar-refractivity contribution in [1.82, 2.24) is 9.97 Å². The molecule has 0 aliphatic carbocycles. The molecule has 6 nitrogen and oxygen atoms in total. The van der Waals surface area contributed by atoms with Crippen molar-refractivity contribution in [2.45, 2.75) is 13.8 Å². The minimum atomic E-state index is -0.332. The summed E-state index contributed by atoms with van der Waals surface area (Å²) in [5, 5.41) is 5.34. The Morgan fingerprint density at radius 3 is 2.43 bits per heavy atom. The molecule has 0 aliphatic heterocycles. The molecule has 0 spiro atoms. The van der Waals surface area contributed by atoms with Gasteiger partial charge in [-0.05, 0) is 24.3 Å². The molecule has 2 amide bonds. The van der Waals surface area contributed by atoms with Gasteiger partial charge >= 0.3 is 0 Å². The number of hydrogen-bond acceptors (Lipinski definition) is 4.